The molecule has 4 nitrogen and oxygen atoms in total. The highest BCUT2D eigenvalue weighted by atomic mass is 35.5. The van der Waals surface area contributed by atoms with Crippen molar-refractivity contribution in [3.63, 3.8) is 0 Å². The van der Waals surface area contributed by atoms with Crippen LogP contribution in [0.2, 0.25) is 5.02 Å². The summed E-state index contributed by atoms with van der Waals surface area (Å²) >= 11 is 9.51. The van der Waals surface area contributed by atoms with E-state index in [2.05, 4.69) is 28.5 Å². The molecule has 21 heavy (non-hydrogen) atoms. The van der Waals surface area contributed by atoms with Crippen LogP contribution < -0.4 is 10.2 Å². The van der Waals surface area contributed by atoms with Crippen molar-refractivity contribution in [3.05, 3.63) is 28.8 Å². The fourth-order valence-corrected chi connectivity index (χ4v) is 3.86. The van der Waals surface area contributed by atoms with E-state index in [4.69, 9.17) is 11.6 Å². The van der Waals surface area contributed by atoms with Gasteiger partial charge in [0.1, 0.15) is 0 Å². The first-order chi connectivity index (χ1) is 10.1. The largest absolute Gasteiger partial charge is 0.353 e. The van der Waals surface area contributed by atoms with Gasteiger partial charge in [-0.15, -0.1) is 10.2 Å². The standard InChI is InChI=1S/C14H19ClN4S2/c1-4-8-16-9-10-6-5-7-11(15)12(10)20-14-18-17-13(21-14)19(2)3/h5-7,16H,4,8-9H2,1-3H3. The Balaban J connectivity index is 2.17. The smallest absolute Gasteiger partial charge is 0.208 e. The maximum atomic E-state index is 6.36. The van der Waals surface area contributed by atoms with Crippen molar-refractivity contribution in [2.45, 2.75) is 29.1 Å². The van der Waals surface area contributed by atoms with Gasteiger partial charge in [-0.25, -0.2) is 0 Å². The molecule has 0 spiro atoms. The predicted molar refractivity (Wildman–Crippen MR) is 91.8 cm³/mol. The van der Waals surface area contributed by atoms with Gasteiger partial charge in [0.25, 0.3) is 0 Å². The summed E-state index contributed by atoms with van der Waals surface area (Å²) in [6, 6.07) is 6.01. The van der Waals surface area contributed by atoms with Crippen molar-refractivity contribution in [3.8, 4) is 0 Å². The van der Waals surface area contributed by atoms with Crippen molar-refractivity contribution in [1.29, 1.82) is 0 Å². The molecule has 7 heteroatoms. The number of anilines is 1. The lowest BCUT2D eigenvalue weighted by Crippen LogP contribution is -2.14. The van der Waals surface area contributed by atoms with E-state index in [0.29, 0.717) is 0 Å². The van der Waals surface area contributed by atoms with Crippen molar-refractivity contribution in [2.24, 2.45) is 0 Å². The molecule has 0 saturated heterocycles. The van der Waals surface area contributed by atoms with Crippen molar-refractivity contribution >= 4 is 39.8 Å². The lowest BCUT2D eigenvalue weighted by molar-refractivity contribution is 0.669. The molecule has 0 radical (unpaired) electrons. The summed E-state index contributed by atoms with van der Waals surface area (Å²) in [7, 11) is 3.93. The van der Waals surface area contributed by atoms with Gasteiger partial charge in [0, 0.05) is 25.5 Å². The van der Waals surface area contributed by atoms with Gasteiger partial charge < -0.3 is 10.2 Å². The van der Waals surface area contributed by atoms with E-state index in [1.54, 1.807) is 23.1 Å². The Morgan fingerprint density at radius 1 is 1.33 bits per heavy atom. The minimum atomic E-state index is 0.761. The highest BCUT2D eigenvalue weighted by Crippen LogP contribution is 2.38. The Morgan fingerprint density at radius 3 is 2.81 bits per heavy atom. The van der Waals surface area contributed by atoms with E-state index >= 15 is 0 Å². The molecule has 1 aromatic carbocycles. The second-order valence-electron chi connectivity index (χ2n) is 4.75. The fourth-order valence-electron chi connectivity index (χ4n) is 1.72. The maximum absolute atomic E-state index is 6.36. The molecular weight excluding hydrogens is 324 g/mol. The molecule has 2 aromatic rings. The molecule has 114 valence electrons. The third-order valence-electron chi connectivity index (χ3n) is 2.76. The fraction of sp³-hybridized carbons (Fsp3) is 0.429. The van der Waals surface area contributed by atoms with Gasteiger partial charge in [0.15, 0.2) is 4.34 Å². The number of halogens is 1. The highest BCUT2D eigenvalue weighted by molar-refractivity contribution is 8.01. The molecule has 1 N–H and O–H groups in total. The van der Waals surface area contributed by atoms with Crippen LogP contribution in [0.5, 0.6) is 0 Å². The number of benzene rings is 1. The van der Waals surface area contributed by atoms with Gasteiger partial charge in [0.2, 0.25) is 5.13 Å². The van der Waals surface area contributed by atoms with E-state index in [1.165, 1.54) is 5.56 Å². The Bertz CT molecular complexity index is 586. The van der Waals surface area contributed by atoms with E-state index in [1.807, 2.05) is 31.1 Å². The Morgan fingerprint density at radius 2 is 2.14 bits per heavy atom. The van der Waals surface area contributed by atoms with E-state index < -0.39 is 0 Å². The van der Waals surface area contributed by atoms with Crippen LogP contribution in [0.15, 0.2) is 27.4 Å². The minimum absolute atomic E-state index is 0.761. The number of rotatable bonds is 7. The Hall–Kier alpha value is -0.820. The molecular formula is C14H19ClN4S2. The van der Waals surface area contributed by atoms with Gasteiger partial charge in [-0.3, -0.25) is 0 Å². The molecule has 2 rings (SSSR count). The van der Waals surface area contributed by atoms with Gasteiger partial charge in [-0.1, -0.05) is 53.8 Å². The van der Waals surface area contributed by atoms with Crippen LogP contribution in [0.1, 0.15) is 18.9 Å². The molecule has 0 aliphatic rings. The number of nitrogens with one attached hydrogen (secondary N) is 1. The average Bonchev–Trinajstić information content (AvgIpc) is 2.91. The Labute approximate surface area is 138 Å². The van der Waals surface area contributed by atoms with Crippen LogP contribution in [-0.4, -0.2) is 30.8 Å². The molecule has 0 bridgehead atoms. The molecule has 0 saturated carbocycles. The zero-order valence-electron chi connectivity index (χ0n) is 12.4. The average molecular weight is 343 g/mol. The van der Waals surface area contributed by atoms with Crippen LogP contribution in [0, 0.1) is 0 Å². The summed E-state index contributed by atoms with van der Waals surface area (Å²) in [5.41, 5.74) is 1.20. The normalized spacial score (nSPS) is 10.9. The van der Waals surface area contributed by atoms with Crippen molar-refractivity contribution in [2.75, 3.05) is 25.5 Å². The number of hydrogen-bond acceptors (Lipinski definition) is 6. The molecule has 0 aliphatic carbocycles. The van der Waals surface area contributed by atoms with Crippen LogP contribution in [-0.2, 0) is 6.54 Å². The number of aromatic nitrogens is 2. The molecule has 0 unspecified atom stereocenters. The first kappa shape index (κ1) is 16.5. The van der Waals surface area contributed by atoms with E-state index in [0.717, 1.165) is 38.9 Å². The highest BCUT2D eigenvalue weighted by Gasteiger charge is 2.13. The summed E-state index contributed by atoms with van der Waals surface area (Å²) in [6.07, 6.45) is 1.12. The quantitative estimate of drug-likeness (QED) is 0.772. The van der Waals surface area contributed by atoms with Crippen molar-refractivity contribution < 1.29 is 0 Å². The van der Waals surface area contributed by atoms with Gasteiger partial charge in [-0.05, 0) is 24.6 Å². The molecule has 0 aliphatic heterocycles. The molecule has 1 aromatic heterocycles. The summed E-state index contributed by atoms with van der Waals surface area (Å²) in [4.78, 5) is 3.02. The maximum Gasteiger partial charge on any atom is 0.208 e. The molecule has 0 fully saturated rings. The zero-order chi connectivity index (χ0) is 15.2. The monoisotopic (exact) mass is 342 g/mol. The van der Waals surface area contributed by atoms with Gasteiger partial charge in [-0.2, -0.15) is 0 Å². The van der Waals surface area contributed by atoms with Crippen LogP contribution in [0.4, 0.5) is 5.13 Å². The molecule has 0 amide bonds. The number of nitrogens with zero attached hydrogens (tertiary/aromatic N) is 3. The molecule has 0 atom stereocenters. The minimum Gasteiger partial charge on any atom is -0.353 e. The topological polar surface area (TPSA) is 41.1 Å². The van der Waals surface area contributed by atoms with Gasteiger partial charge in [0.05, 0.1) is 5.02 Å². The third-order valence-corrected chi connectivity index (χ3v) is 5.51. The van der Waals surface area contributed by atoms with Crippen LogP contribution >= 0.6 is 34.7 Å². The van der Waals surface area contributed by atoms with Crippen LogP contribution in [0.25, 0.3) is 0 Å². The van der Waals surface area contributed by atoms with E-state index in [-0.39, 0.29) is 0 Å². The summed E-state index contributed by atoms with van der Waals surface area (Å²) in [5.74, 6) is 0. The second-order valence-corrected chi connectivity index (χ2v) is 7.37. The SMILES string of the molecule is CCCNCc1cccc(Cl)c1Sc1nnc(N(C)C)s1. The zero-order valence-corrected chi connectivity index (χ0v) is 14.8. The Kier molecular flexibility index (Phi) is 6.29. The van der Waals surface area contributed by atoms with Crippen LogP contribution in [0.3, 0.4) is 0 Å². The number of hydrogen-bond donors (Lipinski definition) is 1. The second kappa shape index (κ2) is 7.98. The summed E-state index contributed by atoms with van der Waals surface area (Å²) in [6.45, 7) is 3.97. The lowest BCUT2D eigenvalue weighted by Gasteiger charge is -2.10. The van der Waals surface area contributed by atoms with Gasteiger partial charge >= 0.3 is 0 Å². The summed E-state index contributed by atoms with van der Waals surface area (Å²) in [5, 5.41) is 13.5. The first-order valence-electron chi connectivity index (χ1n) is 6.78. The predicted octanol–water partition coefficient (Wildman–Crippen LogP) is 3.91. The third kappa shape index (κ3) is 4.57. The van der Waals surface area contributed by atoms with Crippen molar-refractivity contribution in [1.82, 2.24) is 15.5 Å². The molecule has 1 heterocycles. The lowest BCUT2D eigenvalue weighted by atomic mass is 10.2. The first-order valence-corrected chi connectivity index (χ1v) is 8.79. The van der Waals surface area contributed by atoms with E-state index in [9.17, 15) is 0 Å². The summed E-state index contributed by atoms with van der Waals surface area (Å²) < 4.78 is 0.906.